The summed E-state index contributed by atoms with van der Waals surface area (Å²) in [6.07, 6.45) is -3.66. The first kappa shape index (κ1) is 79.0. The maximum atomic E-state index is 13.2. The van der Waals surface area contributed by atoms with Gasteiger partial charge >= 0.3 is 29.4 Å². The maximum absolute atomic E-state index is 13.2. The number of rotatable bonds is 26. The summed E-state index contributed by atoms with van der Waals surface area (Å²) in [5, 5.41) is 18.6. The van der Waals surface area contributed by atoms with Crippen LogP contribution in [0.3, 0.4) is 0 Å². The molecule has 0 saturated carbocycles. The second-order valence-corrected chi connectivity index (χ2v) is 26.2. The van der Waals surface area contributed by atoms with Crippen LogP contribution >= 0.6 is 11.6 Å². The van der Waals surface area contributed by atoms with E-state index in [0.29, 0.717) is 64.5 Å². The van der Waals surface area contributed by atoms with E-state index in [9.17, 15) is 46.5 Å². The van der Waals surface area contributed by atoms with Gasteiger partial charge in [-0.3, -0.25) is 30.0 Å². The van der Waals surface area contributed by atoms with E-state index in [4.69, 9.17) is 34.7 Å². The largest absolute Gasteiger partial charge is 0.504 e. The molecule has 0 saturated heterocycles. The van der Waals surface area contributed by atoms with E-state index in [1.165, 1.54) is 49.1 Å². The molecule has 100 heavy (non-hydrogen) atoms. The Kier molecular flexibility index (Phi) is 28.2. The number of ether oxygens (including phenoxy) is 4. The van der Waals surface area contributed by atoms with Crippen molar-refractivity contribution in [3.63, 3.8) is 0 Å². The number of urea groups is 1. The molecule has 7 N–H and O–H groups in total. The van der Waals surface area contributed by atoms with Gasteiger partial charge < -0.3 is 44.2 Å². The summed E-state index contributed by atoms with van der Waals surface area (Å²) in [5.41, 5.74) is 13.2. The minimum Gasteiger partial charge on any atom is -0.504 e. The molecule has 534 valence electrons. The fourth-order valence-corrected chi connectivity index (χ4v) is 10.8. The van der Waals surface area contributed by atoms with Crippen LogP contribution in [-0.2, 0) is 42.6 Å². The number of halogens is 4. The number of methoxy groups -OCH3 is 1. The number of alkyl halides is 3. The number of ketones is 1. The fraction of sp³-hybridized carbons (Fsp3) is 0.347. The van der Waals surface area contributed by atoms with Gasteiger partial charge in [0.05, 0.1) is 53.5 Å². The minimum atomic E-state index is -4.72. The van der Waals surface area contributed by atoms with Crippen LogP contribution < -0.4 is 49.9 Å². The topological polar surface area (TPSA) is 267 Å². The van der Waals surface area contributed by atoms with Gasteiger partial charge in [0.15, 0.2) is 11.6 Å². The molecule has 0 spiro atoms. The van der Waals surface area contributed by atoms with E-state index in [1.807, 2.05) is 52.0 Å². The van der Waals surface area contributed by atoms with Crippen molar-refractivity contribution in [2.45, 2.75) is 139 Å². The van der Waals surface area contributed by atoms with Crippen molar-refractivity contribution in [2.24, 2.45) is 5.92 Å². The lowest BCUT2D eigenvalue weighted by atomic mass is 9.76. The lowest BCUT2D eigenvalue weighted by Gasteiger charge is -2.30. The van der Waals surface area contributed by atoms with Gasteiger partial charge in [-0.25, -0.2) is 19.6 Å². The van der Waals surface area contributed by atoms with Gasteiger partial charge in [-0.05, 0) is 160 Å². The first-order valence-corrected chi connectivity index (χ1v) is 33.8. The molecule has 2 atom stereocenters. The number of para-hydroxylation sites is 1. The van der Waals surface area contributed by atoms with Crippen LogP contribution in [0.4, 0.5) is 40.8 Å². The maximum Gasteiger partial charge on any atom is 0.451 e. The number of hydrogen-bond acceptors (Lipinski definition) is 15. The Morgan fingerprint density at radius 3 is 1.94 bits per heavy atom. The number of Topliss-reactive ketones (excluding diaryl/α,β-unsaturated/α-hetero) is 1. The molecule has 8 aromatic rings. The lowest BCUT2D eigenvalue weighted by Crippen LogP contribution is -2.40. The Balaban J connectivity index is 0.000000240. The Morgan fingerprint density at radius 1 is 0.690 bits per heavy atom. The fourth-order valence-electron chi connectivity index (χ4n) is 9.73. The summed E-state index contributed by atoms with van der Waals surface area (Å²) in [5.74, 6) is -1.77. The second-order valence-electron chi connectivity index (χ2n) is 25.0. The first-order chi connectivity index (χ1) is 47.2. The van der Waals surface area contributed by atoms with Crippen LogP contribution in [0, 0.1) is 40.5 Å². The standard InChI is InChI=1S/C29H38F3N5O2.C26H25NO6.C20H25ClN2O4S/c1-7-27(3,4)19-14-15-23(21(18-19)28(5,6)8-2)39-17-11-16-33-26(38)37-36-24-20-12-9-10-13-22(20)34-25(35-24)29(30,31)32;1-4-32-26(30)19-11-13-20(14-12-19)33-24(23(28)18-8-6-5-7-9-18)25(29)27-21-16-17(2)10-15-22(21)31-3;1-10(2)20(25)22-16-9-15(14(6)17(21)18(16)24)23-28(26)27-19-12(4)7-11(3)8-13(19)5/h9-10,12-15,18H,7-8,11,16-17H2,1-6H3,(H2,33,37,38)(H,34,35,36);5-16,24H,4H2,1-3H3,(H,27,29);7-10,23-24H,1-6H3,(H,22,25). The van der Waals surface area contributed by atoms with Gasteiger partial charge in [0.2, 0.25) is 23.6 Å². The number of nitrogens with one attached hydrogen (secondary N) is 6. The number of amides is 4. The van der Waals surface area contributed by atoms with Crippen molar-refractivity contribution < 1.29 is 69.6 Å². The average Bonchev–Trinajstić information content (AvgIpc) is 0.807. The third-order valence-electron chi connectivity index (χ3n) is 16.3. The van der Waals surface area contributed by atoms with Gasteiger partial charge in [-0.1, -0.05) is 145 Å². The molecule has 0 aliphatic heterocycles. The van der Waals surface area contributed by atoms with Crippen molar-refractivity contribution in [1.82, 2.24) is 20.7 Å². The van der Waals surface area contributed by atoms with Crippen LogP contribution in [0.2, 0.25) is 5.02 Å². The zero-order valence-corrected chi connectivity index (χ0v) is 60.4. The summed E-state index contributed by atoms with van der Waals surface area (Å²) in [4.78, 5) is 69.6. The average molecular weight is 1420 g/mol. The molecule has 0 radical (unpaired) electrons. The smallest absolute Gasteiger partial charge is 0.451 e. The Bertz CT molecular complexity index is 4190. The van der Waals surface area contributed by atoms with Crippen molar-refractivity contribution in [3.05, 3.63) is 194 Å². The molecule has 0 bridgehead atoms. The van der Waals surface area contributed by atoms with Crippen molar-refractivity contribution >= 4 is 86.2 Å². The highest BCUT2D eigenvalue weighted by molar-refractivity contribution is 7.82. The number of aromatic hydroxyl groups is 1. The first-order valence-electron chi connectivity index (χ1n) is 32.4. The molecule has 1 heterocycles. The monoisotopic (exact) mass is 1420 g/mol. The van der Waals surface area contributed by atoms with E-state index in [2.05, 4.69) is 95.2 Å². The quantitative estimate of drug-likeness (QED) is 0.00505. The number of anilines is 4. The third-order valence-corrected chi connectivity index (χ3v) is 17.4. The highest BCUT2D eigenvalue weighted by Gasteiger charge is 2.36. The minimum absolute atomic E-state index is 0.0590. The molecule has 1 aromatic heterocycles. The number of phenols is 1. The summed E-state index contributed by atoms with van der Waals surface area (Å²) in [6, 6.07) is 37.2. The number of benzene rings is 7. The molecule has 4 amide bonds. The summed E-state index contributed by atoms with van der Waals surface area (Å²) in [7, 11) is 1.49. The number of carbonyl (C=O) groups excluding carboxylic acids is 5. The summed E-state index contributed by atoms with van der Waals surface area (Å²) >= 11 is 4.27. The third kappa shape index (κ3) is 21.8. The molecule has 0 aliphatic rings. The number of aromatic nitrogens is 2. The van der Waals surface area contributed by atoms with Gasteiger partial charge in [0.25, 0.3) is 5.91 Å². The van der Waals surface area contributed by atoms with E-state index in [1.54, 1.807) is 88.4 Å². The van der Waals surface area contributed by atoms with Crippen molar-refractivity contribution in [3.8, 4) is 28.7 Å². The number of hydrogen-bond donors (Lipinski definition) is 7. The molecule has 7 aromatic carbocycles. The van der Waals surface area contributed by atoms with Gasteiger partial charge in [-0.15, -0.1) is 0 Å². The zero-order chi connectivity index (χ0) is 73.8. The predicted molar refractivity (Wildman–Crippen MR) is 386 cm³/mol. The van der Waals surface area contributed by atoms with Crippen LogP contribution in [-0.4, -0.2) is 81.9 Å². The highest BCUT2D eigenvalue weighted by atomic mass is 35.5. The van der Waals surface area contributed by atoms with Gasteiger partial charge in [-0.2, -0.15) is 17.4 Å². The molecule has 0 aliphatic carbocycles. The predicted octanol–water partition coefficient (Wildman–Crippen LogP) is 16.5. The number of nitrogens with zero attached hydrogens (tertiary/aromatic N) is 2. The van der Waals surface area contributed by atoms with Crippen molar-refractivity contribution in [1.29, 1.82) is 0 Å². The van der Waals surface area contributed by atoms with Crippen LogP contribution in [0.15, 0.2) is 133 Å². The normalized spacial score (nSPS) is 11.9. The molecule has 2 unspecified atom stereocenters. The number of carbonyl (C=O) groups is 5. The molecule has 25 heteroatoms. The van der Waals surface area contributed by atoms with Crippen LogP contribution in [0.1, 0.15) is 147 Å². The Labute approximate surface area is 589 Å². The van der Waals surface area contributed by atoms with E-state index in [-0.39, 0.29) is 62.8 Å². The molecule has 8 rings (SSSR count). The SMILES string of the molecule is CCC(C)(C)c1ccc(OCCCNC(=O)NNc2nc(C(F)(F)F)nc3ccccc23)c(C(C)(C)CC)c1.CCOC(=O)c1ccc(OC(C(=O)Nc2cc(C)ccc2OC)C(=O)c2ccccc2)cc1.Cc1cc(C)c(OS(=O)Nc2cc(NC(=O)C(C)C)c(O)c(Cl)c2C)c(C)c1. The number of phenolic OH excluding ortho intramolecular Hbond substituents is 1. The molecular formula is C75H88ClF3N8O12S. The number of fused-ring (bicyclic) bond motifs is 1. The van der Waals surface area contributed by atoms with Crippen LogP contribution in [0.25, 0.3) is 10.9 Å². The van der Waals surface area contributed by atoms with Gasteiger partial charge in [0.1, 0.15) is 23.0 Å². The van der Waals surface area contributed by atoms with E-state index < -0.39 is 53.1 Å². The van der Waals surface area contributed by atoms with Crippen molar-refractivity contribution in [2.75, 3.05) is 47.6 Å². The van der Waals surface area contributed by atoms with E-state index in [0.717, 1.165) is 46.4 Å². The summed E-state index contributed by atoms with van der Waals surface area (Å²) < 4.78 is 82.7. The second kappa shape index (κ2) is 35.7. The lowest BCUT2D eigenvalue weighted by molar-refractivity contribution is -0.144. The Hall–Kier alpha value is -9.94. The summed E-state index contributed by atoms with van der Waals surface area (Å²) in [6.45, 7) is 28.6. The number of esters is 1. The molecule has 0 fully saturated rings. The number of hydrazine groups is 1. The molecular weight excluding hydrogens is 1330 g/mol. The molecule has 20 nitrogen and oxygen atoms in total. The van der Waals surface area contributed by atoms with Crippen LogP contribution in [0.5, 0.6) is 28.7 Å². The van der Waals surface area contributed by atoms with E-state index >= 15 is 0 Å². The van der Waals surface area contributed by atoms with Gasteiger partial charge in [0, 0.05) is 29.0 Å². The number of aryl methyl sites for hydroxylation is 4. The highest BCUT2D eigenvalue weighted by Crippen LogP contribution is 2.41. The zero-order valence-electron chi connectivity index (χ0n) is 58.9. The Morgan fingerprint density at radius 2 is 1.32 bits per heavy atom.